The Morgan fingerprint density at radius 3 is 2.20 bits per heavy atom. The Labute approximate surface area is 172 Å². The van der Waals surface area contributed by atoms with Crippen molar-refractivity contribution in [2.24, 2.45) is 0 Å². The van der Waals surface area contributed by atoms with Gasteiger partial charge in [-0.05, 0) is 54.5 Å². The fourth-order valence-electron chi connectivity index (χ4n) is 2.50. The Balaban J connectivity index is 2.23. The molecule has 0 atom stereocenters. The predicted octanol–water partition coefficient (Wildman–Crippen LogP) is 4.40. The van der Waals surface area contributed by atoms with E-state index in [4.69, 9.17) is 4.74 Å². The van der Waals surface area contributed by atoms with Crippen LogP contribution in [-0.2, 0) is 11.0 Å². The second-order valence-electron chi connectivity index (χ2n) is 6.47. The van der Waals surface area contributed by atoms with Crippen LogP contribution in [0.2, 0.25) is 0 Å². The van der Waals surface area contributed by atoms with E-state index in [1.54, 1.807) is 24.3 Å². The normalized spacial score (nSPS) is 11.7. The molecular weight excluding hydrogens is 397 g/mol. The number of unbranched alkanes of at least 4 members (excludes halogenated alkanes) is 1. The summed E-state index contributed by atoms with van der Waals surface area (Å²) >= 11 is 0. The summed E-state index contributed by atoms with van der Waals surface area (Å²) in [5.74, 6) is -0.538. The molecule has 2 rings (SSSR count). The van der Waals surface area contributed by atoms with Gasteiger partial charge in [-0.15, -0.1) is 0 Å². The Kier molecular flexibility index (Phi) is 8.03. The first-order valence-electron chi connectivity index (χ1n) is 9.37. The van der Waals surface area contributed by atoms with Gasteiger partial charge in [-0.3, -0.25) is 9.59 Å². The Morgan fingerprint density at radius 2 is 1.67 bits per heavy atom. The molecule has 0 fully saturated rings. The minimum absolute atomic E-state index is 0.00462. The van der Waals surface area contributed by atoms with Gasteiger partial charge in [-0.1, -0.05) is 25.5 Å². The topological polar surface area (TPSA) is 67.4 Å². The number of methoxy groups -OCH3 is 1. The van der Waals surface area contributed by atoms with Crippen LogP contribution in [0.15, 0.2) is 54.2 Å². The fourth-order valence-corrected chi connectivity index (χ4v) is 2.50. The number of benzene rings is 2. The minimum Gasteiger partial charge on any atom is -0.497 e. The first-order chi connectivity index (χ1) is 14.2. The molecule has 0 saturated heterocycles. The fraction of sp³-hybridized carbons (Fsp3) is 0.273. The van der Waals surface area contributed by atoms with Crippen LogP contribution in [0.25, 0.3) is 6.08 Å². The molecule has 2 aromatic rings. The van der Waals surface area contributed by atoms with Crippen molar-refractivity contribution in [1.29, 1.82) is 0 Å². The summed E-state index contributed by atoms with van der Waals surface area (Å²) in [5, 5.41) is 5.21. The molecule has 0 aliphatic heterocycles. The summed E-state index contributed by atoms with van der Waals surface area (Å²) in [6.45, 7) is 2.41. The maximum Gasteiger partial charge on any atom is 0.416 e. The van der Waals surface area contributed by atoms with Crippen LogP contribution in [0.3, 0.4) is 0 Å². The summed E-state index contributed by atoms with van der Waals surface area (Å²) in [7, 11) is 1.53. The van der Waals surface area contributed by atoms with Gasteiger partial charge >= 0.3 is 6.18 Å². The molecule has 0 heterocycles. The van der Waals surface area contributed by atoms with E-state index >= 15 is 0 Å². The number of rotatable bonds is 8. The molecule has 0 unspecified atom stereocenters. The van der Waals surface area contributed by atoms with Crippen LogP contribution in [0.4, 0.5) is 13.2 Å². The second kappa shape index (κ2) is 10.5. The number of halogens is 3. The van der Waals surface area contributed by atoms with Gasteiger partial charge in [0.05, 0.1) is 12.7 Å². The molecule has 5 nitrogen and oxygen atoms in total. The molecule has 2 aromatic carbocycles. The van der Waals surface area contributed by atoms with Gasteiger partial charge in [0, 0.05) is 12.1 Å². The SMILES string of the molecule is CCCCNC(=O)/C(=C/c1ccc(OC)cc1)NC(=O)c1ccc(C(F)(F)F)cc1. The molecule has 0 aliphatic rings. The summed E-state index contributed by atoms with van der Waals surface area (Å²) in [5.41, 5.74) is -0.222. The van der Waals surface area contributed by atoms with Crippen LogP contribution < -0.4 is 15.4 Å². The zero-order chi connectivity index (χ0) is 22.1. The first-order valence-corrected chi connectivity index (χ1v) is 9.37. The van der Waals surface area contributed by atoms with E-state index in [0.29, 0.717) is 17.9 Å². The van der Waals surface area contributed by atoms with Crippen molar-refractivity contribution in [3.8, 4) is 5.75 Å². The summed E-state index contributed by atoms with van der Waals surface area (Å²) in [6, 6.07) is 10.6. The molecule has 0 radical (unpaired) electrons. The molecule has 160 valence electrons. The van der Waals surface area contributed by atoms with Crippen molar-refractivity contribution in [2.75, 3.05) is 13.7 Å². The maximum atomic E-state index is 12.7. The van der Waals surface area contributed by atoms with Crippen LogP contribution >= 0.6 is 0 Å². The third-order valence-electron chi connectivity index (χ3n) is 4.21. The highest BCUT2D eigenvalue weighted by molar-refractivity contribution is 6.05. The zero-order valence-electron chi connectivity index (χ0n) is 16.7. The number of amides is 2. The smallest absolute Gasteiger partial charge is 0.416 e. The van der Waals surface area contributed by atoms with Crippen molar-refractivity contribution in [3.63, 3.8) is 0 Å². The quantitative estimate of drug-likeness (QED) is 0.491. The second-order valence-corrected chi connectivity index (χ2v) is 6.47. The van der Waals surface area contributed by atoms with Crippen LogP contribution in [0, 0.1) is 0 Å². The van der Waals surface area contributed by atoms with E-state index in [1.165, 1.54) is 13.2 Å². The Hall–Kier alpha value is -3.29. The van der Waals surface area contributed by atoms with Crippen molar-refractivity contribution < 1.29 is 27.5 Å². The molecule has 2 N–H and O–H groups in total. The molecule has 2 amide bonds. The van der Waals surface area contributed by atoms with E-state index in [0.717, 1.165) is 37.1 Å². The van der Waals surface area contributed by atoms with Gasteiger partial charge in [0.15, 0.2) is 0 Å². The number of hydrogen-bond donors (Lipinski definition) is 2. The molecule has 8 heteroatoms. The Morgan fingerprint density at radius 1 is 1.03 bits per heavy atom. The van der Waals surface area contributed by atoms with E-state index in [-0.39, 0.29) is 11.3 Å². The number of ether oxygens (including phenoxy) is 1. The highest BCUT2D eigenvalue weighted by Gasteiger charge is 2.30. The highest BCUT2D eigenvalue weighted by atomic mass is 19.4. The standard InChI is InChI=1S/C22H23F3N2O3/c1-3-4-13-26-21(29)19(14-15-5-11-18(30-2)12-6-15)27-20(28)16-7-9-17(10-8-16)22(23,24)25/h5-12,14H,3-4,13H2,1-2H3,(H,26,29)(H,27,28)/b19-14-. The number of alkyl halides is 3. The van der Waals surface area contributed by atoms with E-state index in [2.05, 4.69) is 10.6 Å². The van der Waals surface area contributed by atoms with Gasteiger partial charge in [0.2, 0.25) is 0 Å². The molecule has 0 aliphatic carbocycles. The van der Waals surface area contributed by atoms with Crippen LogP contribution in [0.1, 0.15) is 41.3 Å². The van der Waals surface area contributed by atoms with Gasteiger partial charge in [0.25, 0.3) is 11.8 Å². The Bertz CT molecular complexity index is 889. The van der Waals surface area contributed by atoms with Crippen molar-refractivity contribution in [1.82, 2.24) is 10.6 Å². The van der Waals surface area contributed by atoms with Crippen LogP contribution in [0.5, 0.6) is 5.75 Å². The lowest BCUT2D eigenvalue weighted by molar-refractivity contribution is -0.137. The molecule has 0 aromatic heterocycles. The summed E-state index contributed by atoms with van der Waals surface area (Å²) in [6.07, 6.45) is -1.35. The predicted molar refractivity (Wildman–Crippen MR) is 108 cm³/mol. The number of carbonyl (C=O) groups is 2. The van der Waals surface area contributed by atoms with Gasteiger partial charge in [0.1, 0.15) is 11.4 Å². The van der Waals surface area contributed by atoms with E-state index in [1.807, 2.05) is 6.92 Å². The maximum absolute atomic E-state index is 12.7. The summed E-state index contributed by atoms with van der Waals surface area (Å²) in [4.78, 5) is 25.0. The van der Waals surface area contributed by atoms with Crippen molar-refractivity contribution in [2.45, 2.75) is 25.9 Å². The average molecular weight is 420 g/mol. The van der Waals surface area contributed by atoms with E-state index in [9.17, 15) is 22.8 Å². The largest absolute Gasteiger partial charge is 0.497 e. The summed E-state index contributed by atoms with van der Waals surface area (Å²) < 4.78 is 43.2. The zero-order valence-corrected chi connectivity index (χ0v) is 16.7. The van der Waals surface area contributed by atoms with Gasteiger partial charge in [-0.25, -0.2) is 0 Å². The minimum atomic E-state index is -4.49. The highest BCUT2D eigenvalue weighted by Crippen LogP contribution is 2.29. The number of nitrogens with one attached hydrogen (secondary N) is 2. The van der Waals surface area contributed by atoms with Gasteiger partial charge in [-0.2, -0.15) is 13.2 Å². The van der Waals surface area contributed by atoms with Crippen molar-refractivity contribution >= 4 is 17.9 Å². The lowest BCUT2D eigenvalue weighted by Crippen LogP contribution is -2.35. The van der Waals surface area contributed by atoms with E-state index < -0.39 is 23.6 Å². The monoisotopic (exact) mass is 420 g/mol. The third kappa shape index (κ3) is 6.65. The molecule has 0 bridgehead atoms. The molecule has 0 saturated carbocycles. The number of carbonyl (C=O) groups excluding carboxylic acids is 2. The molecule has 30 heavy (non-hydrogen) atoms. The van der Waals surface area contributed by atoms with Crippen LogP contribution in [-0.4, -0.2) is 25.5 Å². The lowest BCUT2D eigenvalue weighted by Gasteiger charge is -2.12. The first kappa shape index (κ1) is 23.0. The van der Waals surface area contributed by atoms with Gasteiger partial charge < -0.3 is 15.4 Å². The molecule has 0 spiro atoms. The number of hydrogen-bond acceptors (Lipinski definition) is 3. The average Bonchev–Trinajstić information content (AvgIpc) is 2.73. The third-order valence-corrected chi connectivity index (χ3v) is 4.21. The van der Waals surface area contributed by atoms with Crippen molar-refractivity contribution in [3.05, 3.63) is 70.9 Å². The lowest BCUT2D eigenvalue weighted by atomic mass is 10.1. The molecular formula is C22H23F3N2O3.